The minimum Gasteiger partial charge on any atom is -0.392 e. The number of benzene rings is 1. The summed E-state index contributed by atoms with van der Waals surface area (Å²) in [4.78, 5) is 11.9. The van der Waals surface area contributed by atoms with Crippen LogP contribution in [0.15, 0.2) is 36.5 Å². The average molecular weight is 318 g/mol. The average Bonchev–Trinajstić information content (AvgIpc) is 3.17. The third-order valence-corrected chi connectivity index (χ3v) is 3.84. The number of aromatic nitrogens is 2. The summed E-state index contributed by atoms with van der Waals surface area (Å²) in [5.74, 6) is -0.381. The zero-order chi connectivity index (χ0) is 16.2. The second-order valence-electron chi connectivity index (χ2n) is 5.62. The van der Waals surface area contributed by atoms with Crippen LogP contribution in [-0.4, -0.2) is 46.0 Å². The predicted octanol–water partition coefficient (Wildman–Crippen LogP) is 0.393. The first-order valence-electron chi connectivity index (χ1n) is 7.61. The highest BCUT2D eigenvalue weighted by molar-refractivity contribution is 5.82. The molecule has 2 unspecified atom stereocenters. The van der Waals surface area contributed by atoms with Gasteiger partial charge >= 0.3 is 0 Å². The minimum absolute atomic E-state index is 0.0977. The van der Waals surface area contributed by atoms with Crippen molar-refractivity contribution in [2.24, 2.45) is 0 Å². The normalized spacial score (nSPS) is 20.6. The zero-order valence-electron chi connectivity index (χ0n) is 12.6. The van der Waals surface area contributed by atoms with Gasteiger partial charge in [0.1, 0.15) is 5.82 Å². The van der Waals surface area contributed by atoms with Crippen molar-refractivity contribution >= 4 is 5.91 Å². The Labute approximate surface area is 133 Å². The summed E-state index contributed by atoms with van der Waals surface area (Å²) >= 11 is 0. The highest BCUT2D eigenvalue weighted by Gasteiger charge is 2.27. The Bertz CT molecular complexity index is 671. The minimum atomic E-state index is -0.447. The molecule has 0 bridgehead atoms. The lowest BCUT2D eigenvalue weighted by molar-refractivity contribution is -0.122. The topological polar surface area (TPSA) is 79.2 Å². The highest BCUT2D eigenvalue weighted by Crippen LogP contribution is 2.09. The third-order valence-electron chi connectivity index (χ3n) is 3.84. The fourth-order valence-electron chi connectivity index (χ4n) is 2.59. The van der Waals surface area contributed by atoms with E-state index in [-0.39, 0.29) is 17.8 Å². The SMILES string of the molecule is O=C(NCCc1ccn(-c2ccc(F)cc2)n1)C1CC(O)CN1. The first-order chi connectivity index (χ1) is 11.1. The van der Waals surface area contributed by atoms with Crippen molar-refractivity contribution in [1.29, 1.82) is 0 Å². The van der Waals surface area contributed by atoms with Crippen LogP contribution in [0.5, 0.6) is 0 Å². The summed E-state index contributed by atoms with van der Waals surface area (Å²) in [6, 6.07) is 7.64. The highest BCUT2D eigenvalue weighted by atomic mass is 19.1. The molecule has 2 heterocycles. The maximum absolute atomic E-state index is 12.9. The lowest BCUT2D eigenvalue weighted by Gasteiger charge is -2.10. The van der Waals surface area contributed by atoms with Crippen molar-refractivity contribution in [2.75, 3.05) is 13.1 Å². The summed E-state index contributed by atoms with van der Waals surface area (Å²) in [6.45, 7) is 0.938. The van der Waals surface area contributed by atoms with E-state index in [2.05, 4.69) is 15.7 Å². The molecule has 0 saturated carbocycles. The Morgan fingerprint density at radius 3 is 2.87 bits per heavy atom. The van der Waals surface area contributed by atoms with E-state index in [1.54, 1.807) is 23.0 Å². The molecule has 7 heteroatoms. The molecule has 2 aromatic rings. The molecule has 6 nitrogen and oxygen atoms in total. The Morgan fingerprint density at radius 1 is 1.39 bits per heavy atom. The quantitative estimate of drug-likeness (QED) is 0.745. The predicted molar refractivity (Wildman–Crippen MR) is 82.7 cm³/mol. The van der Waals surface area contributed by atoms with Crippen molar-refractivity contribution in [3.63, 3.8) is 0 Å². The Balaban J connectivity index is 1.49. The van der Waals surface area contributed by atoms with E-state index in [4.69, 9.17) is 0 Å². The maximum atomic E-state index is 12.9. The van der Waals surface area contributed by atoms with Gasteiger partial charge in [0, 0.05) is 25.7 Å². The van der Waals surface area contributed by atoms with E-state index in [1.165, 1.54) is 12.1 Å². The van der Waals surface area contributed by atoms with E-state index >= 15 is 0 Å². The van der Waals surface area contributed by atoms with Gasteiger partial charge in [-0.15, -0.1) is 0 Å². The molecule has 3 rings (SSSR count). The molecular weight excluding hydrogens is 299 g/mol. The number of carbonyl (C=O) groups is 1. The van der Waals surface area contributed by atoms with Crippen molar-refractivity contribution in [1.82, 2.24) is 20.4 Å². The molecule has 1 saturated heterocycles. The first kappa shape index (κ1) is 15.6. The largest absolute Gasteiger partial charge is 0.392 e. The smallest absolute Gasteiger partial charge is 0.237 e. The Morgan fingerprint density at radius 2 is 2.17 bits per heavy atom. The lowest BCUT2D eigenvalue weighted by atomic mass is 10.2. The van der Waals surface area contributed by atoms with Gasteiger partial charge in [-0.3, -0.25) is 4.79 Å². The number of aliphatic hydroxyl groups excluding tert-OH is 1. The number of hydrogen-bond acceptors (Lipinski definition) is 4. The second-order valence-corrected chi connectivity index (χ2v) is 5.62. The van der Waals surface area contributed by atoms with Crippen LogP contribution in [0, 0.1) is 5.82 Å². The number of carbonyl (C=O) groups excluding carboxylic acids is 1. The number of rotatable bonds is 5. The second kappa shape index (κ2) is 6.89. The van der Waals surface area contributed by atoms with Gasteiger partial charge < -0.3 is 15.7 Å². The molecule has 0 spiro atoms. The van der Waals surface area contributed by atoms with Crippen LogP contribution in [0.2, 0.25) is 0 Å². The number of aliphatic hydroxyl groups is 1. The van der Waals surface area contributed by atoms with Crippen LogP contribution in [0.25, 0.3) is 5.69 Å². The Kier molecular flexibility index (Phi) is 4.68. The fourth-order valence-corrected chi connectivity index (χ4v) is 2.59. The molecule has 0 radical (unpaired) electrons. The molecule has 1 fully saturated rings. The van der Waals surface area contributed by atoms with E-state index in [0.29, 0.717) is 25.9 Å². The van der Waals surface area contributed by atoms with Crippen LogP contribution < -0.4 is 10.6 Å². The van der Waals surface area contributed by atoms with Gasteiger partial charge in [-0.1, -0.05) is 0 Å². The summed E-state index contributed by atoms with van der Waals surface area (Å²) in [5.41, 5.74) is 1.62. The van der Waals surface area contributed by atoms with Gasteiger partial charge in [0.15, 0.2) is 0 Å². The van der Waals surface area contributed by atoms with Crippen LogP contribution in [0.3, 0.4) is 0 Å². The molecule has 1 amide bonds. The van der Waals surface area contributed by atoms with Gasteiger partial charge in [0.05, 0.1) is 23.5 Å². The number of amides is 1. The van der Waals surface area contributed by atoms with E-state index in [1.807, 2.05) is 6.07 Å². The van der Waals surface area contributed by atoms with E-state index in [9.17, 15) is 14.3 Å². The van der Waals surface area contributed by atoms with Crippen molar-refractivity contribution in [3.05, 3.63) is 48.0 Å². The van der Waals surface area contributed by atoms with Gasteiger partial charge in [-0.25, -0.2) is 9.07 Å². The number of hydrogen-bond donors (Lipinski definition) is 3. The van der Waals surface area contributed by atoms with Gasteiger partial charge in [-0.05, 0) is 36.8 Å². The maximum Gasteiger partial charge on any atom is 0.237 e. The molecule has 122 valence electrons. The standard InChI is InChI=1S/C16H19FN4O2/c17-11-1-3-13(4-2-11)21-8-6-12(20-21)5-7-18-16(23)15-9-14(22)10-19-15/h1-4,6,8,14-15,19,22H,5,7,9-10H2,(H,18,23). The van der Waals surface area contributed by atoms with Crippen molar-refractivity contribution in [3.8, 4) is 5.69 Å². The fraction of sp³-hybridized carbons (Fsp3) is 0.375. The number of nitrogens with zero attached hydrogens (tertiary/aromatic N) is 2. The van der Waals surface area contributed by atoms with Crippen molar-refractivity contribution < 1.29 is 14.3 Å². The lowest BCUT2D eigenvalue weighted by Crippen LogP contribution is -2.41. The number of halogens is 1. The summed E-state index contributed by atoms with van der Waals surface area (Å²) in [7, 11) is 0. The molecule has 1 aliphatic rings. The number of nitrogens with one attached hydrogen (secondary N) is 2. The van der Waals surface area contributed by atoms with Crippen LogP contribution in [-0.2, 0) is 11.2 Å². The van der Waals surface area contributed by atoms with Crippen LogP contribution in [0.1, 0.15) is 12.1 Å². The molecule has 1 aromatic carbocycles. The molecule has 0 aliphatic carbocycles. The zero-order valence-corrected chi connectivity index (χ0v) is 12.6. The van der Waals surface area contributed by atoms with Crippen LogP contribution in [0.4, 0.5) is 4.39 Å². The molecule has 23 heavy (non-hydrogen) atoms. The molecular formula is C16H19FN4O2. The molecule has 3 N–H and O–H groups in total. The summed E-state index contributed by atoms with van der Waals surface area (Å²) in [5, 5.41) is 19.6. The Hall–Kier alpha value is -2.25. The van der Waals surface area contributed by atoms with E-state index in [0.717, 1.165) is 11.4 Å². The number of β-amino-alcohol motifs (C(OH)–C–C–N with tert-alkyl or cyclic N) is 1. The molecule has 1 aliphatic heterocycles. The van der Waals surface area contributed by atoms with Crippen molar-refractivity contribution in [2.45, 2.75) is 25.0 Å². The summed E-state index contributed by atoms with van der Waals surface area (Å²) in [6.07, 6.45) is 2.41. The van der Waals surface area contributed by atoms with Gasteiger partial charge in [0.25, 0.3) is 0 Å². The van der Waals surface area contributed by atoms with Gasteiger partial charge in [0.2, 0.25) is 5.91 Å². The van der Waals surface area contributed by atoms with Crippen LogP contribution >= 0.6 is 0 Å². The molecule has 1 aromatic heterocycles. The van der Waals surface area contributed by atoms with Gasteiger partial charge in [-0.2, -0.15) is 5.10 Å². The monoisotopic (exact) mass is 318 g/mol. The third kappa shape index (κ3) is 3.94. The van der Waals surface area contributed by atoms with E-state index < -0.39 is 6.10 Å². The molecule has 2 atom stereocenters. The summed E-state index contributed by atoms with van der Waals surface area (Å²) < 4.78 is 14.6. The first-order valence-corrected chi connectivity index (χ1v) is 7.61.